The van der Waals surface area contributed by atoms with E-state index in [0.717, 1.165) is 26.9 Å². The Labute approximate surface area is 145 Å². The van der Waals surface area contributed by atoms with Gasteiger partial charge >= 0.3 is 0 Å². The maximum absolute atomic E-state index is 12.0. The Morgan fingerprint density at radius 2 is 1.96 bits per heavy atom. The van der Waals surface area contributed by atoms with Gasteiger partial charge in [0.15, 0.2) is 5.76 Å². The zero-order valence-electron chi connectivity index (χ0n) is 12.4. The molecule has 1 amide bonds. The summed E-state index contributed by atoms with van der Waals surface area (Å²) in [6.07, 6.45) is 1.47. The first-order valence-electron chi connectivity index (χ1n) is 7.29. The predicted octanol–water partition coefficient (Wildman–Crippen LogP) is 4.84. The summed E-state index contributed by atoms with van der Waals surface area (Å²) < 4.78 is 6.11. The van der Waals surface area contributed by atoms with Crippen molar-refractivity contribution in [1.82, 2.24) is 9.97 Å². The number of hydrogen-bond donors (Lipinski definition) is 2. The fourth-order valence-corrected chi connectivity index (χ4v) is 2.70. The van der Waals surface area contributed by atoms with Gasteiger partial charge in [-0.2, -0.15) is 0 Å². The molecule has 0 fully saturated rings. The summed E-state index contributed by atoms with van der Waals surface area (Å²) >= 11 is 3.42. The number of furan rings is 1. The van der Waals surface area contributed by atoms with Crippen LogP contribution in [0.4, 0.5) is 5.69 Å². The molecule has 2 N–H and O–H groups in total. The second kappa shape index (κ2) is 5.98. The maximum Gasteiger partial charge on any atom is 0.291 e. The molecular weight excluding hydrogens is 370 g/mol. The molecule has 0 atom stereocenters. The van der Waals surface area contributed by atoms with E-state index in [0.29, 0.717) is 5.69 Å². The lowest BCUT2D eigenvalue weighted by atomic mass is 10.2. The smallest absolute Gasteiger partial charge is 0.291 e. The van der Waals surface area contributed by atoms with Crippen LogP contribution in [0.2, 0.25) is 0 Å². The molecule has 4 rings (SSSR count). The van der Waals surface area contributed by atoms with E-state index >= 15 is 0 Å². The third kappa shape index (κ3) is 2.83. The SMILES string of the molecule is O=C(Nc1ccc2nc(-c3ccc(Br)cc3)[nH]c2c1)c1ccco1. The van der Waals surface area contributed by atoms with E-state index in [2.05, 4.69) is 31.2 Å². The Bertz CT molecular complexity index is 1000. The van der Waals surface area contributed by atoms with Gasteiger partial charge in [0.2, 0.25) is 0 Å². The van der Waals surface area contributed by atoms with E-state index in [1.165, 1.54) is 6.26 Å². The van der Waals surface area contributed by atoms with Gasteiger partial charge in [-0.1, -0.05) is 28.1 Å². The number of benzene rings is 2. The molecule has 0 bridgehead atoms. The zero-order chi connectivity index (χ0) is 16.5. The summed E-state index contributed by atoms with van der Waals surface area (Å²) in [5, 5.41) is 2.81. The maximum atomic E-state index is 12.0. The highest BCUT2D eigenvalue weighted by Gasteiger charge is 2.10. The van der Waals surface area contributed by atoms with Gasteiger partial charge < -0.3 is 14.7 Å². The van der Waals surface area contributed by atoms with Crippen molar-refractivity contribution in [3.63, 3.8) is 0 Å². The first-order chi connectivity index (χ1) is 11.7. The van der Waals surface area contributed by atoms with Crippen molar-refractivity contribution in [1.29, 1.82) is 0 Å². The van der Waals surface area contributed by atoms with Crippen molar-refractivity contribution >= 4 is 38.6 Å². The summed E-state index contributed by atoms with van der Waals surface area (Å²) in [6, 6.07) is 16.7. The van der Waals surface area contributed by atoms with E-state index in [1.807, 2.05) is 42.5 Å². The molecule has 118 valence electrons. The zero-order valence-corrected chi connectivity index (χ0v) is 14.0. The molecule has 2 heterocycles. The van der Waals surface area contributed by atoms with Gasteiger partial charge in [-0.3, -0.25) is 4.79 Å². The number of H-pyrrole nitrogens is 1. The van der Waals surface area contributed by atoms with Gasteiger partial charge in [-0.05, 0) is 42.5 Å². The minimum Gasteiger partial charge on any atom is -0.459 e. The minimum atomic E-state index is -0.285. The molecule has 0 unspecified atom stereocenters. The molecule has 0 spiro atoms. The van der Waals surface area contributed by atoms with Crippen LogP contribution in [0.5, 0.6) is 0 Å². The Morgan fingerprint density at radius 1 is 1.12 bits per heavy atom. The molecule has 0 radical (unpaired) electrons. The van der Waals surface area contributed by atoms with E-state index in [4.69, 9.17) is 4.42 Å². The van der Waals surface area contributed by atoms with E-state index in [-0.39, 0.29) is 11.7 Å². The molecule has 0 aliphatic heterocycles. The lowest BCUT2D eigenvalue weighted by Crippen LogP contribution is -2.10. The first kappa shape index (κ1) is 14.7. The quantitative estimate of drug-likeness (QED) is 0.533. The molecule has 0 aliphatic carbocycles. The number of aromatic amines is 1. The predicted molar refractivity (Wildman–Crippen MR) is 95.9 cm³/mol. The van der Waals surface area contributed by atoms with E-state index < -0.39 is 0 Å². The Kier molecular flexibility index (Phi) is 3.66. The molecule has 0 saturated heterocycles. The third-order valence-electron chi connectivity index (χ3n) is 3.60. The van der Waals surface area contributed by atoms with Crippen LogP contribution in [0.15, 0.2) is 69.8 Å². The second-order valence-electron chi connectivity index (χ2n) is 5.26. The summed E-state index contributed by atoms with van der Waals surface area (Å²) in [5.74, 6) is 0.772. The van der Waals surface area contributed by atoms with Crippen LogP contribution >= 0.6 is 15.9 Å². The van der Waals surface area contributed by atoms with Crippen LogP contribution in [0.1, 0.15) is 10.6 Å². The van der Waals surface area contributed by atoms with E-state index in [1.54, 1.807) is 12.1 Å². The highest BCUT2D eigenvalue weighted by atomic mass is 79.9. The Hall–Kier alpha value is -2.86. The summed E-state index contributed by atoms with van der Waals surface area (Å²) in [6.45, 7) is 0. The third-order valence-corrected chi connectivity index (χ3v) is 4.13. The molecule has 2 aromatic heterocycles. The van der Waals surface area contributed by atoms with Crippen LogP contribution < -0.4 is 5.32 Å². The summed E-state index contributed by atoms with van der Waals surface area (Å²) in [4.78, 5) is 19.9. The van der Waals surface area contributed by atoms with Crippen LogP contribution in [0, 0.1) is 0 Å². The standard InChI is InChI=1S/C18H12BrN3O2/c19-12-5-3-11(4-6-12)17-21-14-8-7-13(10-15(14)22-17)20-18(23)16-2-1-9-24-16/h1-10H,(H,20,23)(H,21,22). The Balaban J connectivity index is 1.63. The van der Waals surface area contributed by atoms with Crippen LogP contribution in [0.3, 0.4) is 0 Å². The number of carbonyl (C=O) groups is 1. The average molecular weight is 382 g/mol. The number of aromatic nitrogens is 2. The topological polar surface area (TPSA) is 70.9 Å². The van der Waals surface area contributed by atoms with Crippen LogP contribution in [-0.2, 0) is 0 Å². The molecule has 0 saturated carbocycles. The van der Waals surface area contributed by atoms with Crippen LogP contribution in [0.25, 0.3) is 22.4 Å². The molecule has 2 aromatic carbocycles. The van der Waals surface area contributed by atoms with Gasteiger partial charge in [0.05, 0.1) is 17.3 Å². The summed E-state index contributed by atoms with van der Waals surface area (Å²) in [5.41, 5.74) is 3.36. The van der Waals surface area contributed by atoms with Crippen molar-refractivity contribution < 1.29 is 9.21 Å². The normalized spacial score (nSPS) is 10.9. The monoisotopic (exact) mass is 381 g/mol. The largest absolute Gasteiger partial charge is 0.459 e. The lowest BCUT2D eigenvalue weighted by Gasteiger charge is -2.02. The average Bonchev–Trinajstić information content (AvgIpc) is 3.24. The number of imidazole rings is 1. The summed E-state index contributed by atoms with van der Waals surface area (Å²) in [7, 11) is 0. The lowest BCUT2D eigenvalue weighted by molar-refractivity contribution is 0.0996. The van der Waals surface area contributed by atoms with Gasteiger partial charge in [-0.25, -0.2) is 4.98 Å². The van der Waals surface area contributed by atoms with Crippen molar-refractivity contribution in [2.75, 3.05) is 5.32 Å². The minimum absolute atomic E-state index is 0.273. The van der Waals surface area contributed by atoms with Gasteiger partial charge in [-0.15, -0.1) is 0 Å². The number of amides is 1. The number of nitrogens with one attached hydrogen (secondary N) is 2. The molecule has 6 heteroatoms. The molecular formula is C18H12BrN3O2. The number of hydrogen-bond acceptors (Lipinski definition) is 3. The van der Waals surface area contributed by atoms with Crippen molar-refractivity contribution in [3.05, 3.63) is 71.1 Å². The van der Waals surface area contributed by atoms with Crippen molar-refractivity contribution in [2.24, 2.45) is 0 Å². The number of nitrogens with zero attached hydrogens (tertiary/aromatic N) is 1. The fourth-order valence-electron chi connectivity index (χ4n) is 2.43. The Morgan fingerprint density at radius 3 is 2.71 bits per heavy atom. The molecule has 5 nitrogen and oxygen atoms in total. The van der Waals surface area contributed by atoms with Gasteiger partial charge in [0.1, 0.15) is 5.82 Å². The fraction of sp³-hybridized carbons (Fsp3) is 0. The molecule has 24 heavy (non-hydrogen) atoms. The van der Waals surface area contributed by atoms with Crippen LogP contribution in [-0.4, -0.2) is 15.9 Å². The molecule has 0 aliphatic rings. The highest BCUT2D eigenvalue weighted by Crippen LogP contribution is 2.24. The number of anilines is 1. The number of fused-ring (bicyclic) bond motifs is 1. The first-order valence-corrected chi connectivity index (χ1v) is 8.09. The number of halogens is 1. The van der Waals surface area contributed by atoms with Gasteiger partial charge in [0.25, 0.3) is 5.91 Å². The highest BCUT2D eigenvalue weighted by molar-refractivity contribution is 9.10. The second-order valence-corrected chi connectivity index (χ2v) is 6.17. The van der Waals surface area contributed by atoms with Crippen molar-refractivity contribution in [3.8, 4) is 11.4 Å². The van der Waals surface area contributed by atoms with E-state index in [9.17, 15) is 4.79 Å². The number of rotatable bonds is 3. The number of carbonyl (C=O) groups excluding carboxylic acids is 1. The van der Waals surface area contributed by atoms with Crippen molar-refractivity contribution in [2.45, 2.75) is 0 Å². The molecule has 4 aromatic rings. The van der Waals surface area contributed by atoms with Gasteiger partial charge in [0, 0.05) is 15.7 Å².